The van der Waals surface area contributed by atoms with E-state index >= 15 is 0 Å². The van der Waals surface area contributed by atoms with Crippen molar-refractivity contribution in [1.29, 1.82) is 0 Å². The van der Waals surface area contributed by atoms with Crippen LogP contribution in [0.5, 0.6) is 0 Å². The molecule has 0 saturated carbocycles. The van der Waals surface area contributed by atoms with Crippen molar-refractivity contribution in [3.8, 4) is 0 Å². The van der Waals surface area contributed by atoms with Crippen LogP contribution in [0.15, 0.2) is 30.3 Å². The summed E-state index contributed by atoms with van der Waals surface area (Å²) in [6.45, 7) is 11.1. The molecule has 0 amide bonds. The number of nitrogens with two attached hydrogens (primary N) is 1. The summed E-state index contributed by atoms with van der Waals surface area (Å²) in [5.41, 5.74) is 8.02. The van der Waals surface area contributed by atoms with Gasteiger partial charge in [-0.1, -0.05) is 70.9 Å². The smallest absolute Gasteiger partial charge is 0.0567 e. The monoisotopic (exact) mass is 276 g/mol. The number of nitrogens with zero attached hydrogens (tertiary/aromatic N) is 1. The molecule has 2 N–H and O–H groups in total. The molecule has 0 radical (unpaired) electrons. The van der Waals surface area contributed by atoms with Crippen LogP contribution < -0.4 is 5.73 Å². The van der Waals surface area contributed by atoms with E-state index in [4.69, 9.17) is 5.73 Å². The average Bonchev–Trinajstić information content (AvgIpc) is 2.51. The molecule has 2 heteroatoms. The highest BCUT2D eigenvalue weighted by Crippen LogP contribution is 2.32. The normalized spacial score (nSPS) is 16.1. The average molecular weight is 276 g/mol. The summed E-state index contributed by atoms with van der Waals surface area (Å²) in [5, 5.41) is 0. The minimum absolute atomic E-state index is 0.238. The predicted molar refractivity (Wildman–Crippen MR) is 88.8 cm³/mol. The zero-order chi connectivity index (χ0) is 15.0. The minimum Gasteiger partial charge on any atom is -0.320 e. The first-order chi connectivity index (χ1) is 9.63. The zero-order valence-corrected chi connectivity index (χ0v) is 13.7. The Kier molecular flexibility index (Phi) is 7.25. The second-order valence-electron chi connectivity index (χ2n) is 5.66. The van der Waals surface area contributed by atoms with Crippen LogP contribution in [0.2, 0.25) is 0 Å². The topological polar surface area (TPSA) is 29.3 Å². The van der Waals surface area contributed by atoms with Crippen molar-refractivity contribution in [2.24, 2.45) is 5.73 Å². The fourth-order valence-corrected chi connectivity index (χ4v) is 3.33. The Morgan fingerprint density at radius 1 is 1.05 bits per heavy atom. The van der Waals surface area contributed by atoms with Gasteiger partial charge in [-0.15, -0.1) is 0 Å². The van der Waals surface area contributed by atoms with E-state index < -0.39 is 0 Å². The number of hydrogen-bond acceptors (Lipinski definition) is 2. The standard InChI is InChI=1S/C18H32N2/c1-5-9-15-18(19,16-13-11-10-12-14-16)17(6-2)20(7-3)8-4/h10-14,17H,5-9,15,19H2,1-4H3. The SMILES string of the molecule is CCCCC(N)(c1ccccc1)C(CC)N(CC)CC. The maximum atomic E-state index is 6.97. The van der Waals surface area contributed by atoms with Gasteiger partial charge < -0.3 is 5.73 Å². The Labute approximate surface area is 125 Å². The zero-order valence-electron chi connectivity index (χ0n) is 13.7. The lowest BCUT2D eigenvalue weighted by Crippen LogP contribution is -2.56. The number of benzene rings is 1. The lowest BCUT2D eigenvalue weighted by Gasteiger charge is -2.44. The van der Waals surface area contributed by atoms with E-state index in [1.165, 1.54) is 18.4 Å². The summed E-state index contributed by atoms with van der Waals surface area (Å²) in [6, 6.07) is 11.1. The number of unbranched alkanes of at least 4 members (excludes halogenated alkanes) is 1. The molecule has 1 aromatic carbocycles. The van der Waals surface area contributed by atoms with Crippen molar-refractivity contribution in [2.75, 3.05) is 13.1 Å². The molecule has 0 aliphatic heterocycles. The van der Waals surface area contributed by atoms with Crippen LogP contribution in [-0.4, -0.2) is 24.0 Å². The van der Waals surface area contributed by atoms with Gasteiger partial charge in [0.15, 0.2) is 0 Å². The second-order valence-corrected chi connectivity index (χ2v) is 5.66. The first kappa shape index (κ1) is 17.2. The summed E-state index contributed by atoms with van der Waals surface area (Å²) in [7, 11) is 0. The molecule has 0 bridgehead atoms. The van der Waals surface area contributed by atoms with Crippen molar-refractivity contribution in [1.82, 2.24) is 4.90 Å². The minimum atomic E-state index is -0.238. The van der Waals surface area contributed by atoms with Gasteiger partial charge in [0, 0.05) is 6.04 Å². The summed E-state index contributed by atoms with van der Waals surface area (Å²) in [4.78, 5) is 2.52. The third-order valence-electron chi connectivity index (χ3n) is 4.49. The van der Waals surface area contributed by atoms with Gasteiger partial charge in [0.25, 0.3) is 0 Å². The molecule has 2 nitrogen and oxygen atoms in total. The molecule has 0 spiro atoms. The molecule has 1 rings (SSSR count). The molecule has 0 aliphatic rings. The Hall–Kier alpha value is -0.860. The van der Waals surface area contributed by atoms with E-state index in [9.17, 15) is 0 Å². The molecule has 0 aromatic heterocycles. The quantitative estimate of drug-likeness (QED) is 0.734. The number of hydrogen-bond donors (Lipinski definition) is 1. The third-order valence-corrected chi connectivity index (χ3v) is 4.49. The van der Waals surface area contributed by atoms with Gasteiger partial charge in [0.1, 0.15) is 0 Å². The fourth-order valence-electron chi connectivity index (χ4n) is 3.33. The molecule has 0 fully saturated rings. The Morgan fingerprint density at radius 2 is 1.65 bits per heavy atom. The van der Waals surface area contributed by atoms with Crippen LogP contribution in [0, 0.1) is 0 Å². The molecular weight excluding hydrogens is 244 g/mol. The first-order valence-corrected chi connectivity index (χ1v) is 8.22. The second kappa shape index (κ2) is 8.43. The van der Waals surface area contributed by atoms with Gasteiger partial charge >= 0.3 is 0 Å². The van der Waals surface area contributed by atoms with Gasteiger partial charge in [0.05, 0.1) is 5.54 Å². The predicted octanol–water partition coefficient (Wildman–Crippen LogP) is 4.15. The van der Waals surface area contributed by atoms with Crippen LogP contribution in [-0.2, 0) is 5.54 Å². The van der Waals surface area contributed by atoms with Crippen molar-refractivity contribution in [2.45, 2.75) is 65.0 Å². The van der Waals surface area contributed by atoms with Crippen LogP contribution in [0.4, 0.5) is 0 Å². The molecule has 2 atom stereocenters. The van der Waals surface area contributed by atoms with E-state index in [1.807, 2.05) is 0 Å². The molecule has 0 saturated heterocycles. The van der Waals surface area contributed by atoms with E-state index in [-0.39, 0.29) is 5.54 Å². The lowest BCUT2D eigenvalue weighted by atomic mass is 9.77. The van der Waals surface area contributed by atoms with Gasteiger partial charge in [-0.2, -0.15) is 0 Å². The summed E-state index contributed by atoms with van der Waals surface area (Å²) >= 11 is 0. The van der Waals surface area contributed by atoms with Gasteiger partial charge in [-0.05, 0) is 31.5 Å². The Morgan fingerprint density at radius 3 is 2.10 bits per heavy atom. The van der Waals surface area contributed by atoms with Gasteiger partial charge in [-0.25, -0.2) is 0 Å². The highest BCUT2D eigenvalue weighted by Gasteiger charge is 2.37. The maximum Gasteiger partial charge on any atom is 0.0567 e. The van der Waals surface area contributed by atoms with E-state index in [0.717, 1.165) is 25.9 Å². The van der Waals surface area contributed by atoms with Crippen LogP contribution in [0.1, 0.15) is 58.9 Å². The largest absolute Gasteiger partial charge is 0.320 e. The maximum absolute atomic E-state index is 6.97. The van der Waals surface area contributed by atoms with E-state index in [2.05, 4.69) is 62.9 Å². The van der Waals surface area contributed by atoms with Gasteiger partial charge in [-0.3, -0.25) is 4.90 Å². The molecule has 0 heterocycles. The number of likely N-dealkylation sites (N-methyl/N-ethyl adjacent to an activating group) is 1. The molecule has 1 aromatic rings. The van der Waals surface area contributed by atoms with E-state index in [0.29, 0.717) is 6.04 Å². The highest BCUT2D eigenvalue weighted by atomic mass is 15.2. The summed E-state index contributed by atoms with van der Waals surface area (Å²) < 4.78 is 0. The fraction of sp³-hybridized carbons (Fsp3) is 0.667. The molecule has 114 valence electrons. The van der Waals surface area contributed by atoms with Crippen LogP contribution in [0.25, 0.3) is 0 Å². The molecule has 2 unspecified atom stereocenters. The van der Waals surface area contributed by atoms with Crippen molar-refractivity contribution >= 4 is 0 Å². The molecule has 20 heavy (non-hydrogen) atoms. The van der Waals surface area contributed by atoms with Gasteiger partial charge in [0.2, 0.25) is 0 Å². The third kappa shape index (κ3) is 3.83. The first-order valence-electron chi connectivity index (χ1n) is 8.22. The van der Waals surface area contributed by atoms with E-state index in [1.54, 1.807) is 0 Å². The van der Waals surface area contributed by atoms with Crippen LogP contribution >= 0.6 is 0 Å². The highest BCUT2D eigenvalue weighted by molar-refractivity contribution is 5.26. The molecular formula is C18H32N2. The van der Waals surface area contributed by atoms with Crippen molar-refractivity contribution in [3.63, 3.8) is 0 Å². The van der Waals surface area contributed by atoms with Crippen molar-refractivity contribution in [3.05, 3.63) is 35.9 Å². The lowest BCUT2D eigenvalue weighted by molar-refractivity contribution is 0.116. The Balaban J connectivity index is 3.14. The summed E-state index contributed by atoms with van der Waals surface area (Å²) in [5.74, 6) is 0. The van der Waals surface area contributed by atoms with Crippen LogP contribution in [0.3, 0.4) is 0 Å². The molecule has 0 aliphatic carbocycles. The Bertz CT molecular complexity index is 359. The summed E-state index contributed by atoms with van der Waals surface area (Å²) in [6.07, 6.45) is 4.53. The number of rotatable bonds is 9. The van der Waals surface area contributed by atoms with Crippen molar-refractivity contribution < 1.29 is 0 Å².